The molecule has 0 spiro atoms. The molecule has 2 amide bonds. The van der Waals surface area contributed by atoms with Crippen LogP contribution in [-0.4, -0.2) is 22.9 Å². The number of carbonyl (C=O) groups excluding carboxylic acids is 2. The number of hydrogen-bond donors (Lipinski definition) is 3. The van der Waals surface area contributed by atoms with Gasteiger partial charge in [0.2, 0.25) is 0 Å². The van der Waals surface area contributed by atoms with Crippen molar-refractivity contribution in [2.45, 2.75) is 6.54 Å². The summed E-state index contributed by atoms with van der Waals surface area (Å²) in [6.07, 6.45) is 0. The van der Waals surface area contributed by atoms with Gasteiger partial charge in [-0.15, -0.1) is 0 Å². The van der Waals surface area contributed by atoms with E-state index in [1.165, 1.54) is 18.2 Å². The smallest absolute Gasteiger partial charge is 0.337 e. The summed E-state index contributed by atoms with van der Waals surface area (Å²) in [5.41, 5.74) is 0.750. The third kappa shape index (κ3) is 4.55. The first kappa shape index (κ1) is 16.5. The van der Waals surface area contributed by atoms with Crippen molar-refractivity contribution < 1.29 is 19.5 Å². The van der Waals surface area contributed by atoms with Gasteiger partial charge in [0, 0.05) is 11.6 Å². The molecule has 0 aliphatic rings. The molecule has 0 atom stereocenters. The Morgan fingerprint density at radius 3 is 2.26 bits per heavy atom. The van der Waals surface area contributed by atoms with Crippen molar-refractivity contribution in [1.82, 2.24) is 5.32 Å². The maximum Gasteiger partial charge on any atom is 0.337 e. The highest BCUT2D eigenvalue weighted by molar-refractivity contribution is 6.39. The molecule has 0 radical (unpaired) electrons. The molecule has 0 heterocycles. The topological polar surface area (TPSA) is 95.5 Å². The van der Waals surface area contributed by atoms with Crippen molar-refractivity contribution in [2.24, 2.45) is 0 Å². The number of anilines is 1. The van der Waals surface area contributed by atoms with Crippen LogP contribution < -0.4 is 10.6 Å². The minimum absolute atomic E-state index is 0.0617. The molecule has 0 saturated heterocycles. The average Bonchev–Trinajstić information content (AvgIpc) is 2.54. The largest absolute Gasteiger partial charge is 0.478 e. The van der Waals surface area contributed by atoms with Crippen LogP contribution in [0.15, 0.2) is 48.5 Å². The Bertz CT molecular complexity index is 744. The number of rotatable bonds is 4. The number of nitrogens with one attached hydrogen (secondary N) is 2. The molecule has 0 saturated carbocycles. The SMILES string of the molecule is O=C(NCc1ccc(Cl)cc1)C(=O)Nc1ccccc1C(=O)O. The van der Waals surface area contributed by atoms with E-state index in [1.807, 2.05) is 0 Å². The summed E-state index contributed by atoms with van der Waals surface area (Å²) in [4.78, 5) is 34.6. The maximum atomic E-state index is 11.8. The van der Waals surface area contributed by atoms with Crippen LogP contribution in [0, 0.1) is 0 Å². The predicted molar refractivity (Wildman–Crippen MR) is 85.3 cm³/mol. The van der Waals surface area contributed by atoms with Crippen molar-refractivity contribution in [3.05, 3.63) is 64.7 Å². The molecular formula is C16H13ClN2O4. The fourth-order valence-corrected chi connectivity index (χ4v) is 1.95. The molecule has 2 rings (SSSR count). The van der Waals surface area contributed by atoms with E-state index in [4.69, 9.17) is 16.7 Å². The lowest BCUT2D eigenvalue weighted by Gasteiger charge is -2.08. The highest BCUT2D eigenvalue weighted by atomic mass is 35.5. The van der Waals surface area contributed by atoms with Gasteiger partial charge in [-0.3, -0.25) is 9.59 Å². The van der Waals surface area contributed by atoms with Crippen LogP contribution in [0.2, 0.25) is 5.02 Å². The monoisotopic (exact) mass is 332 g/mol. The maximum absolute atomic E-state index is 11.8. The molecule has 2 aromatic rings. The number of benzene rings is 2. The third-order valence-corrected chi connectivity index (χ3v) is 3.23. The Hall–Kier alpha value is -2.86. The molecular weight excluding hydrogens is 320 g/mol. The highest BCUT2D eigenvalue weighted by Crippen LogP contribution is 2.14. The number of aromatic carboxylic acids is 1. The van der Waals surface area contributed by atoms with Crippen LogP contribution >= 0.6 is 11.6 Å². The Morgan fingerprint density at radius 2 is 1.61 bits per heavy atom. The predicted octanol–water partition coefficient (Wildman–Crippen LogP) is 2.29. The first-order chi connectivity index (χ1) is 11.0. The summed E-state index contributed by atoms with van der Waals surface area (Å²) < 4.78 is 0. The zero-order chi connectivity index (χ0) is 16.8. The van der Waals surface area contributed by atoms with Gasteiger partial charge < -0.3 is 15.7 Å². The van der Waals surface area contributed by atoms with E-state index in [-0.39, 0.29) is 17.8 Å². The number of carboxylic acids is 1. The van der Waals surface area contributed by atoms with Crippen LogP contribution in [0.1, 0.15) is 15.9 Å². The highest BCUT2D eigenvalue weighted by Gasteiger charge is 2.17. The van der Waals surface area contributed by atoms with Gasteiger partial charge in [0.1, 0.15) is 0 Å². The molecule has 3 N–H and O–H groups in total. The van der Waals surface area contributed by atoms with E-state index in [2.05, 4.69) is 10.6 Å². The second-order valence-corrected chi connectivity index (χ2v) is 5.05. The number of para-hydroxylation sites is 1. The fraction of sp³-hybridized carbons (Fsp3) is 0.0625. The van der Waals surface area contributed by atoms with Gasteiger partial charge in [-0.2, -0.15) is 0 Å². The van der Waals surface area contributed by atoms with Gasteiger partial charge in [0.05, 0.1) is 11.3 Å². The van der Waals surface area contributed by atoms with Gasteiger partial charge in [0.25, 0.3) is 0 Å². The molecule has 0 aromatic heterocycles. The second-order valence-electron chi connectivity index (χ2n) is 4.61. The minimum atomic E-state index is -1.19. The lowest BCUT2D eigenvalue weighted by molar-refractivity contribution is -0.136. The molecule has 6 nitrogen and oxygen atoms in total. The summed E-state index contributed by atoms with van der Waals surface area (Å²) in [7, 11) is 0. The Kier molecular flexibility index (Phi) is 5.32. The lowest BCUT2D eigenvalue weighted by Crippen LogP contribution is -2.35. The molecule has 23 heavy (non-hydrogen) atoms. The summed E-state index contributed by atoms with van der Waals surface area (Å²) in [5.74, 6) is -2.99. The van der Waals surface area contributed by atoms with Crippen LogP contribution in [0.4, 0.5) is 5.69 Å². The van der Waals surface area contributed by atoms with Gasteiger partial charge >= 0.3 is 17.8 Å². The third-order valence-electron chi connectivity index (χ3n) is 2.98. The number of carboxylic acid groups (broad SMARTS) is 1. The van der Waals surface area contributed by atoms with E-state index < -0.39 is 17.8 Å². The second kappa shape index (κ2) is 7.42. The summed E-state index contributed by atoms with van der Waals surface area (Å²) in [6, 6.07) is 12.6. The van der Waals surface area contributed by atoms with E-state index in [9.17, 15) is 14.4 Å². The van der Waals surface area contributed by atoms with Crippen molar-refractivity contribution in [3.8, 4) is 0 Å². The standard InChI is InChI=1S/C16H13ClN2O4/c17-11-7-5-10(6-8-11)9-18-14(20)15(21)19-13-4-2-1-3-12(13)16(22)23/h1-8H,9H2,(H,18,20)(H,19,21)(H,22,23). The van der Waals surface area contributed by atoms with Gasteiger partial charge in [0.15, 0.2) is 0 Å². The molecule has 2 aromatic carbocycles. The van der Waals surface area contributed by atoms with Crippen LogP contribution in [0.25, 0.3) is 0 Å². The molecule has 0 unspecified atom stereocenters. The van der Waals surface area contributed by atoms with Gasteiger partial charge in [-0.1, -0.05) is 35.9 Å². The van der Waals surface area contributed by atoms with Crippen molar-refractivity contribution >= 4 is 35.1 Å². The number of amides is 2. The van der Waals surface area contributed by atoms with Crippen LogP contribution in [-0.2, 0) is 16.1 Å². The average molecular weight is 333 g/mol. The van der Waals surface area contributed by atoms with Gasteiger partial charge in [-0.05, 0) is 29.8 Å². The van der Waals surface area contributed by atoms with Crippen molar-refractivity contribution in [1.29, 1.82) is 0 Å². The zero-order valence-corrected chi connectivity index (χ0v) is 12.6. The zero-order valence-electron chi connectivity index (χ0n) is 11.9. The van der Waals surface area contributed by atoms with Crippen LogP contribution in [0.5, 0.6) is 0 Å². The fourth-order valence-electron chi connectivity index (χ4n) is 1.82. The van der Waals surface area contributed by atoms with E-state index in [1.54, 1.807) is 30.3 Å². The number of carbonyl (C=O) groups is 3. The Morgan fingerprint density at radius 1 is 0.957 bits per heavy atom. The normalized spacial score (nSPS) is 9.96. The number of halogens is 1. The summed E-state index contributed by atoms with van der Waals surface area (Å²) in [6.45, 7) is 0.157. The Balaban J connectivity index is 1.96. The summed E-state index contributed by atoms with van der Waals surface area (Å²) in [5, 5.41) is 14.3. The van der Waals surface area contributed by atoms with Crippen LogP contribution in [0.3, 0.4) is 0 Å². The summed E-state index contributed by atoms with van der Waals surface area (Å²) >= 11 is 5.76. The number of hydrogen-bond acceptors (Lipinski definition) is 3. The molecule has 0 aliphatic heterocycles. The quantitative estimate of drug-likeness (QED) is 0.748. The molecule has 7 heteroatoms. The van der Waals surface area contributed by atoms with Gasteiger partial charge in [-0.25, -0.2) is 4.79 Å². The molecule has 0 bridgehead atoms. The van der Waals surface area contributed by atoms with E-state index in [0.717, 1.165) is 5.56 Å². The minimum Gasteiger partial charge on any atom is -0.478 e. The lowest BCUT2D eigenvalue weighted by atomic mass is 10.2. The first-order valence-corrected chi connectivity index (χ1v) is 7.01. The van der Waals surface area contributed by atoms with Crippen molar-refractivity contribution in [2.75, 3.05) is 5.32 Å². The molecule has 0 aliphatic carbocycles. The van der Waals surface area contributed by atoms with Crippen molar-refractivity contribution in [3.63, 3.8) is 0 Å². The van der Waals surface area contributed by atoms with E-state index >= 15 is 0 Å². The molecule has 0 fully saturated rings. The first-order valence-electron chi connectivity index (χ1n) is 6.63. The Labute approximate surface area is 137 Å². The molecule has 118 valence electrons. The van der Waals surface area contributed by atoms with E-state index in [0.29, 0.717) is 5.02 Å².